The third kappa shape index (κ3) is 2.46. The largest absolute Gasteiger partial charge is 0.478 e. The summed E-state index contributed by atoms with van der Waals surface area (Å²) in [6.07, 6.45) is -13.8. The van der Waals surface area contributed by atoms with Crippen LogP contribution in [0.15, 0.2) is 0 Å². The fraction of sp³-hybridized carbons (Fsp3) is 0.714. The number of ether oxygens (including phenoxy) is 1. The topological polar surface area (TPSA) is 63.6 Å². The molecule has 0 aromatic rings. The van der Waals surface area contributed by atoms with Gasteiger partial charge in [0, 0.05) is 0 Å². The fourth-order valence-electron chi connectivity index (χ4n) is 0.967. The monoisotopic (exact) mass is 340 g/mol. The number of rotatable bonds is 6. The molecule has 0 radical (unpaired) electrons. The predicted octanol–water partition coefficient (Wildman–Crippen LogP) is 2.38. The molecule has 124 valence electrons. The zero-order valence-corrected chi connectivity index (χ0v) is 9.03. The molecule has 14 heteroatoms. The molecule has 1 atom stereocenters. The summed E-state index contributed by atoms with van der Waals surface area (Å²) in [7, 11) is 0. The van der Waals surface area contributed by atoms with E-state index in [1.165, 1.54) is 0 Å². The summed E-state index contributed by atoms with van der Waals surface area (Å²) in [5, 5.41) is 7.80. The Bertz CT molecular complexity index is 430. The highest BCUT2D eigenvalue weighted by Crippen LogP contribution is 2.56. The number of alkyl halides is 10. The van der Waals surface area contributed by atoms with E-state index < -0.39 is 42.2 Å². The fourth-order valence-corrected chi connectivity index (χ4v) is 0.967. The molecule has 0 aliphatic carbocycles. The molecule has 0 amide bonds. The maximum Gasteiger partial charge on any atom is 0.472 e. The van der Waals surface area contributed by atoms with E-state index in [1.807, 2.05) is 0 Å². The van der Waals surface area contributed by atoms with E-state index in [9.17, 15) is 53.5 Å². The van der Waals surface area contributed by atoms with E-state index in [4.69, 9.17) is 5.11 Å². The number of halogens is 10. The van der Waals surface area contributed by atoms with Crippen LogP contribution in [-0.2, 0) is 14.3 Å². The van der Waals surface area contributed by atoms with Crippen molar-refractivity contribution in [2.45, 2.75) is 29.8 Å². The third-order valence-electron chi connectivity index (χ3n) is 2.07. The van der Waals surface area contributed by atoms with Crippen LogP contribution in [0, 0.1) is 0 Å². The van der Waals surface area contributed by atoms with Crippen molar-refractivity contribution in [3.8, 4) is 0 Å². The van der Waals surface area contributed by atoms with Crippen molar-refractivity contribution in [2.24, 2.45) is 0 Å². The second-order valence-corrected chi connectivity index (χ2v) is 3.34. The Labute approximate surface area is 107 Å². The van der Waals surface area contributed by atoms with Crippen molar-refractivity contribution < 1.29 is 63.3 Å². The highest BCUT2D eigenvalue weighted by molar-refractivity contribution is 5.80. The second-order valence-electron chi connectivity index (χ2n) is 3.34. The summed E-state index contributed by atoms with van der Waals surface area (Å²) < 4.78 is 128. The number of carboxylic acid groups (broad SMARTS) is 1. The lowest BCUT2D eigenvalue weighted by Crippen LogP contribution is -2.71. The van der Waals surface area contributed by atoms with Gasteiger partial charge in [0.05, 0.1) is 0 Å². The molecule has 0 bridgehead atoms. The standard InChI is InChI=1S/C7H2F10O4/c8-3(2(19)20,6(13,14)15)4(9,10)5(11,12)7(16,17)21-1-18/h1H,(H,19,20). The van der Waals surface area contributed by atoms with E-state index in [-0.39, 0.29) is 0 Å². The number of carbonyl (C=O) groups is 2. The Kier molecular flexibility index (Phi) is 4.50. The number of carboxylic acids is 1. The van der Waals surface area contributed by atoms with Gasteiger partial charge in [0.15, 0.2) is 0 Å². The highest BCUT2D eigenvalue weighted by Gasteiger charge is 2.90. The molecule has 0 spiro atoms. The zero-order chi connectivity index (χ0) is 17.5. The summed E-state index contributed by atoms with van der Waals surface area (Å²) in [4.78, 5) is 19.4. The molecule has 0 aromatic carbocycles. The average Bonchev–Trinajstić information content (AvgIpc) is 2.24. The van der Waals surface area contributed by atoms with Crippen LogP contribution < -0.4 is 0 Å². The van der Waals surface area contributed by atoms with Gasteiger partial charge in [0.1, 0.15) is 0 Å². The van der Waals surface area contributed by atoms with E-state index in [0.29, 0.717) is 0 Å². The normalized spacial score (nSPS) is 17.0. The third-order valence-corrected chi connectivity index (χ3v) is 2.07. The molecular weight excluding hydrogens is 338 g/mol. The predicted molar refractivity (Wildman–Crippen MR) is 39.5 cm³/mol. The molecular formula is C7H2F10O4. The van der Waals surface area contributed by atoms with Crippen molar-refractivity contribution in [1.82, 2.24) is 0 Å². The van der Waals surface area contributed by atoms with Crippen molar-refractivity contribution in [2.75, 3.05) is 0 Å². The van der Waals surface area contributed by atoms with Crippen molar-refractivity contribution in [1.29, 1.82) is 0 Å². The molecule has 1 unspecified atom stereocenters. The Morgan fingerprint density at radius 1 is 0.857 bits per heavy atom. The smallest absolute Gasteiger partial charge is 0.472 e. The summed E-state index contributed by atoms with van der Waals surface area (Å²) >= 11 is 0. The first-order valence-electron chi connectivity index (χ1n) is 4.24. The quantitative estimate of drug-likeness (QED) is 0.596. The minimum absolute atomic E-state index is 1.53. The van der Waals surface area contributed by atoms with Gasteiger partial charge < -0.3 is 9.84 Å². The van der Waals surface area contributed by atoms with Crippen molar-refractivity contribution in [3.63, 3.8) is 0 Å². The maximum atomic E-state index is 13.0. The molecule has 0 heterocycles. The second kappa shape index (κ2) is 4.91. The molecule has 0 saturated heterocycles. The van der Waals surface area contributed by atoms with Gasteiger partial charge in [-0.2, -0.15) is 39.5 Å². The Morgan fingerprint density at radius 2 is 1.24 bits per heavy atom. The van der Waals surface area contributed by atoms with Crippen LogP contribution in [-0.4, -0.2) is 47.3 Å². The molecule has 21 heavy (non-hydrogen) atoms. The van der Waals surface area contributed by atoms with Crippen LogP contribution in [0.5, 0.6) is 0 Å². The van der Waals surface area contributed by atoms with Gasteiger partial charge >= 0.3 is 35.8 Å². The molecule has 4 nitrogen and oxygen atoms in total. The number of carbonyl (C=O) groups excluding carboxylic acids is 1. The Balaban J connectivity index is 6.27. The lowest BCUT2D eigenvalue weighted by molar-refractivity contribution is -0.419. The Morgan fingerprint density at radius 3 is 1.48 bits per heavy atom. The van der Waals surface area contributed by atoms with Gasteiger partial charge in [-0.05, 0) is 0 Å². The first kappa shape index (κ1) is 19.2. The molecule has 0 aliphatic rings. The molecule has 0 fully saturated rings. The van der Waals surface area contributed by atoms with Crippen LogP contribution in [0.1, 0.15) is 0 Å². The van der Waals surface area contributed by atoms with E-state index >= 15 is 0 Å². The summed E-state index contributed by atoms with van der Waals surface area (Å²) in [5.74, 6) is -19.0. The van der Waals surface area contributed by atoms with Crippen LogP contribution in [0.3, 0.4) is 0 Å². The SMILES string of the molecule is O=COC(F)(F)C(F)(F)C(F)(F)C(F)(C(=O)O)C(F)(F)F. The maximum absolute atomic E-state index is 13.0. The number of hydrogen-bond acceptors (Lipinski definition) is 3. The van der Waals surface area contributed by atoms with Gasteiger partial charge in [0.25, 0.3) is 6.47 Å². The molecule has 0 aliphatic heterocycles. The van der Waals surface area contributed by atoms with E-state index in [2.05, 4.69) is 4.74 Å². The van der Waals surface area contributed by atoms with Crippen LogP contribution in [0.4, 0.5) is 43.9 Å². The van der Waals surface area contributed by atoms with Gasteiger partial charge in [-0.1, -0.05) is 0 Å². The van der Waals surface area contributed by atoms with Crippen molar-refractivity contribution in [3.05, 3.63) is 0 Å². The average molecular weight is 340 g/mol. The van der Waals surface area contributed by atoms with Gasteiger partial charge in [-0.15, -0.1) is 0 Å². The van der Waals surface area contributed by atoms with Gasteiger partial charge in [-0.25, -0.2) is 9.18 Å². The summed E-state index contributed by atoms with van der Waals surface area (Å²) in [6.45, 7) is -1.53. The van der Waals surface area contributed by atoms with Crippen LogP contribution >= 0.6 is 0 Å². The van der Waals surface area contributed by atoms with Gasteiger partial charge in [0.2, 0.25) is 0 Å². The molecule has 0 aromatic heterocycles. The first-order valence-corrected chi connectivity index (χ1v) is 4.24. The lowest BCUT2D eigenvalue weighted by atomic mass is 9.91. The van der Waals surface area contributed by atoms with E-state index in [1.54, 1.807) is 0 Å². The summed E-state index contributed by atoms with van der Waals surface area (Å²) in [6, 6.07) is 0. The summed E-state index contributed by atoms with van der Waals surface area (Å²) in [5.41, 5.74) is -7.07. The van der Waals surface area contributed by atoms with Crippen LogP contribution in [0.25, 0.3) is 0 Å². The van der Waals surface area contributed by atoms with E-state index in [0.717, 1.165) is 0 Å². The number of hydrogen-bond donors (Lipinski definition) is 1. The molecule has 1 N–H and O–H groups in total. The zero-order valence-electron chi connectivity index (χ0n) is 9.03. The van der Waals surface area contributed by atoms with Gasteiger partial charge in [-0.3, -0.25) is 4.79 Å². The minimum Gasteiger partial charge on any atom is -0.478 e. The van der Waals surface area contributed by atoms with Crippen molar-refractivity contribution >= 4 is 12.4 Å². The van der Waals surface area contributed by atoms with Crippen LogP contribution in [0.2, 0.25) is 0 Å². The Hall–Kier alpha value is -1.76. The first-order chi connectivity index (χ1) is 9.00. The minimum atomic E-state index is -7.52. The molecule has 0 saturated carbocycles. The number of aliphatic carboxylic acids is 1. The lowest BCUT2D eigenvalue weighted by Gasteiger charge is -2.37. The molecule has 0 rings (SSSR count). The highest BCUT2D eigenvalue weighted by atomic mass is 19.4.